The van der Waals surface area contributed by atoms with Gasteiger partial charge in [-0.2, -0.15) is 0 Å². The number of benzene rings is 2. The minimum Gasteiger partial charge on any atom is -0.496 e. The fourth-order valence-electron chi connectivity index (χ4n) is 3.69. The van der Waals surface area contributed by atoms with Gasteiger partial charge in [-0.15, -0.1) is 11.3 Å². The van der Waals surface area contributed by atoms with Gasteiger partial charge in [0.15, 0.2) is 0 Å². The maximum absolute atomic E-state index is 12.5. The quantitative estimate of drug-likeness (QED) is 0.472. The van der Waals surface area contributed by atoms with Gasteiger partial charge in [0.2, 0.25) is 5.91 Å². The molecule has 1 aliphatic rings. The van der Waals surface area contributed by atoms with Crippen molar-refractivity contribution in [3.8, 4) is 5.75 Å². The summed E-state index contributed by atoms with van der Waals surface area (Å²) in [6, 6.07) is 12.5. The molecule has 1 fully saturated rings. The van der Waals surface area contributed by atoms with Crippen LogP contribution in [0.1, 0.15) is 23.8 Å². The van der Waals surface area contributed by atoms with Crippen LogP contribution in [0.15, 0.2) is 42.5 Å². The highest BCUT2D eigenvalue weighted by atomic mass is 32.1. The number of nitro benzene ring substituents is 1. The molecule has 0 radical (unpaired) electrons. The molecular weight excluding hydrogens is 404 g/mol. The SMILES string of the molecule is COc1ccc(NC(=O)CN2CCC(c3nc4ccccc4s3)CC2)c([N+](=O)[O-])c1. The Morgan fingerprint density at radius 1 is 1.30 bits per heavy atom. The molecule has 1 aliphatic heterocycles. The maximum atomic E-state index is 12.5. The van der Waals surface area contributed by atoms with E-state index in [1.807, 2.05) is 18.2 Å². The number of nitro groups is 1. The second kappa shape index (κ2) is 8.76. The molecule has 0 spiro atoms. The fraction of sp³-hybridized carbons (Fsp3) is 0.333. The number of piperidine rings is 1. The Hall–Kier alpha value is -3.04. The lowest BCUT2D eigenvalue weighted by molar-refractivity contribution is -0.384. The largest absolute Gasteiger partial charge is 0.496 e. The normalized spacial score (nSPS) is 15.2. The van der Waals surface area contributed by atoms with Crippen LogP contribution in [0.3, 0.4) is 0 Å². The lowest BCUT2D eigenvalue weighted by Gasteiger charge is -2.30. The van der Waals surface area contributed by atoms with E-state index in [9.17, 15) is 14.9 Å². The van der Waals surface area contributed by atoms with E-state index in [1.165, 1.54) is 23.9 Å². The first kappa shape index (κ1) is 20.2. The number of likely N-dealkylation sites (tertiary alicyclic amines) is 1. The predicted molar refractivity (Wildman–Crippen MR) is 116 cm³/mol. The monoisotopic (exact) mass is 426 g/mol. The number of thiazole rings is 1. The van der Waals surface area contributed by atoms with Crippen LogP contribution in [0.4, 0.5) is 11.4 Å². The van der Waals surface area contributed by atoms with E-state index < -0.39 is 4.92 Å². The van der Waals surface area contributed by atoms with E-state index in [0.717, 1.165) is 36.5 Å². The van der Waals surface area contributed by atoms with E-state index in [0.29, 0.717) is 11.7 Å². The number of aromatic nitrogens is 1. The molecule has 1 saturated heterocycles. The molecule has 0 saturated carbocycles. The molecule has 2 aromatic carbocycles. The topological polar surface area (TPSA) is 97.6 Å². The molecule has 4 rings (SSSR count). The number of amides is 1. The van der Waals surface area contributed by atoms with Gasteiger partial charge < -0.3 is 10.1 Å². The van der Waals surface area contributed by atoms with Crippen LogP contribution in [0.25, 0.3) is 10.2 Å². The van der Waals surface area contributed by atoms with Gasteiger partial charge >= 0.3 is 0 Å². The fourth-order valence-corrected chi connectivity index (χ4v) is 4.83. The zero-order valence-corrected chi connectivity index (χ0v) is 17.4. The predicted octanol–water partition coefficient (Wildman–Crippen LogP) is 4.03. The molecule has 0 atom stereocenters. The first-order valence-electron chi connectivity index (χ1n) is 9.73. The molecular formula is C21H22N4O4S. The van der Waals surface area contributed by atoms with Crippen molar-refractivity contribution in [1.29, 1.82) is 0 Å². The Morgan fingerprint density at radius 3 is 2.77 bits per heavy atom. The summed E-state index contributed by atoms with van der Waals surface area (Å²) in [5, 5.41) is 15.1. The number of fused-ring (bicyclic) bond motifs is 1. The van der Waals surface area contributed by atoms with Crippen molar-refractivity contribution in [3.05, 3.63) is 57.6 Å². The Labute approximate surface area is 177 Å². The number of carbonyl (C=O) groups excluding carboxylic acids is 1. The van der Waals surface area contributed by atoms with E-state index in [-0.39, 0.29) is 23.8 Å². The van der Waals surface area contributed by atoms with Crippen LogP contribution in [-0.4, -0.2) is 47.5 Å². The van der Waals surface area contributed by atoms with Crippen molar-refractivity contribution in [2.75, 3.05) is 32.1 Å². The summed E-state index contributed by atoms with van der Waals surface area (Å²) in [6.07, 6.45) is 1.88. The molecule has 2 heterocycles. The zero-order valence-electron chi connectivity index (χ0n) is 16.5. The van der Waals surface area contributed by atoms with Gasteiger partial charge in [0.25, 0.3) is 5.69 Å². The molecule has 156 valence electrons. The van der Waals surface area contributed by atoms with Crippen LogP contribution >= 0.6 is 11.3 Å². The highest BCUT2D eigenvalue weighted by Gasteiger charge is 2.25. The number of hydrogen-bond acceptors (Lipinski definition) is 7. The number of hydrogen-bond donors (Lipinski definition) is 1. The summed E-state index contributed by atoms with van der Waals surface area (Å²) in [4.78, 5) is 30.1. The van der Waals surface area contributed by atoms with Gasteiger partial charge in [-0.1, -0.05) is 12.1 Å². The van der Waals surface area contributed by atoms with E-state index in [1.54, 1.807) is 17.4 Å². The Kier molecular flexibility index (Phi) is 5.91. The molecule has 9 heteroatoms. The number of ether oxygens (including phenoxy) is 1. The summed E-state index contributed by atoms with van der Waals surface area (Å²) in [5.41, 5.74) is 1.03. The van der Waals surface area contributed by atoms with Crippen LogP contribution in [0.5, 0.6) is 5.75 Å². The number of methoxy groups -OCH3 is 1. The first-order valence-corrected chi connectivity index (χ1v) is 10.6. The number of para-hydroxylation sites is 1. The van der Waals surface area contributed by atoms with Gasteiger partial charge in [0.05, 0.1) is 39.9 Å². The lowest BCUT2D eigenvalue weighted by atomic mass is 9.97. The first-order chi connectivity index (χ1) is 14.5. The Balaban J connectivity index is 1.34. The van der Waals surface area contributed by atoms with Crippen molar-refractivity contribution < 1.29 is 14.5 Å². The summed E-state index contributed by atoms with van der Waals surface area (Å²) in [5.74, 6) is 0.516. The summed E-state index contributed by atoms with van der Waals surface area (Å²) in [7, 11) is 1.44. The average molecular weight is 426 g/mol. The van der Waals surface area contributed by atoms with Crippen molar-refractivity contribution in [2.24, 2.45) is 0 Å². The maximum Gasteiger partial charge on any atom is 0.296 e. The molecule has 0 aliphatic carbocycles. The van der Waals surface area contributed by atoms with Gasteiger partial charge in [-0.05, 0) is 50.2 Å². The summed E-state index contributed by atoms with van der Waals surface area (Å²) < 4.78 is 6.23. The average Bonchev–Trinajstić information content (AvgIpc) is 3.18. The minimum atomic E-state index is -0.526. The van der Waals surface area contributed by atoms with Crippen molar-refractivity contribution in [3.63, 3.8) is 0 Å². The highest BCUT2D eigenvalue weighted by Crippen LogP contribution is 2.34. The third kappa shape index (κ3) is 4.42. The van der Waals surface area contributed by atoms with Gasteiger partial charge in [-0.3, -0.25) is 19.8 Å². The lowest BCUT2D eigenvalue weighted by Crippen LogP contribution is -2.38. The van der Waals surface area contributed by atoms with Crippen molar-refractivity contribution >= 4 is 38.8 Å². The number of nitrogens with one attached hydrogen (secondary N) is 1. The van der Waals surface area contributed by atoms with E-state index in [4.69, 9.17) is 9.72 Å². The standard InChI is InChI=1S/C21H22N4O4S/c1-29-15-6-7-16(18(12-15)25(27)28)22-20(26)13-24-10-8-14(9-11-24)21-23-17-4-2-3-5-19(17)30-21/h2-7,12,14H,8-11,13H2,1H3,(H,22,26). The Morgan fingerprint density at radius 2 is 2.07 bits per heavy atom. The third-order valence-corrected chi connectivity index (χ3v) is 6.49. The summed E-state index contributed by atoms with van der Waals surface area (Å²) >= 11 is 1.74. The molecule has 1 aromatic heterocycles. The van der Waals surface area contributed by atoms with Crippen LogP contribution in [0.2, 0.25) is 0 Å². The molecule has 8 nitrogen and oxygen atoms in total. The van der Waals surface area contributed by atoms with Gasteiger partial charge in [0, 0.05) is 5.92 Å². The van der Waals surface area contributed by atoms with Crippen molar-refractivity contribution in [2.45, 2.75) is 18.8 Å². The van der Waals surface area contributed by atoms with Crippen LogP contribution in [-0.2, 0) is 4.79 Å². The smallest absolute Gasteiger partial charge is 0.296 e. The van der Waals surface area contributed by atoms with Gasteiger partial charge in [0.1, 0.15) is 11.4 Å². The number of carbonyl (C=O) groups is 1. The third-order valence-electron chi connectivity index (χ3n) is 5.29. The molecule has 30 heavy (non-hydrogen) atoms. The molecule has 3 aromatic rings. The van der Waals surface area contributed by atoms with Crippen LogP contribution < -0.4 is 10.1 Å². The highest BCUT2D eigenvalue weighted by molar-refractivity contribution is 7.18. The van der Waals surface area contributed by atoms with Crippen LogP contribution in [0, 0.1) is 10.1 Å². The molecule has 0 bridgehead atoms. The minimum absolute atomic E-state index is 0.176. The number of anilines is 1. The number of nitrogens with zero attached hydrogens (tertiary/aromatic N) is 3. The van der Waals surface area contributed by atoms with Gasteiger partial charge in [-0.25, -0.2) is 4.98 Å². The molecule has 1 amide bonds. The second-order valence-electron chi connectivity index (χ2n) is 7.26. The Bertz CT molecular complexity index is 1040. The molecule has 1 N–H and O–H groups in total. The van der Waals surface area contributed by atoms with E-state index in [2.05, 4.69) is 16.3 Å². The second-order valence-corrected chi connectivity index (χ2v) is 8.32. The number of rotatable bonds is 6. The van der Waals surface area contributed by atoms with Crippen molar-refractivity contribution in [1.82, 2.24) is 9.88 Å². The summed E-state index contributed by atoms with van der Waals surface area (Å²) in [6.45, 7) is 1.78. The zero-order chi connectivity index (χ0) is 21.1. The van der Waals surface area contributed by atoms with E-state index >= 15 is 0 Å². The molecule has 0 unspecified atom stereocenters.